The number of halogens is 5. The highest BCUT2D eigenvalue weighted by Crippen LogP contribution is 2.39. The summed E-state index contributed by atoms with van der Waals surface area (Å²) in [5.41, 5.74) is -0.751. The van der Waals surface area contributed by atoms with Gasteiger partial charge < -0.3 is 10.2 Å². The molecule has 24 heavy (non-hydrogen) atoms. The summed E-state index contributed by atoms with van der Waals surface area (Å²) in [6.07, 6.45) is -3.58. The van der Waals surface area contributed by atoms with Gasteiger partial charge >= 0.3 is 6.18 Å². The van der Waals surface area contributed by atoms with Crippen molar-refractivity contribution in [1.82, 2.24) is 10.3 Å². The first-order chi connectivity index (χ1) is 11.2. The van der Waals surface area contributed by atoms with E-state index in [4.69, 9.17) is 0 Å². The number of alkyl halides is 5. The Balaban J connectivity index is 2.11. The van der Waals surface area contributed by atoms with E-state index in [0.717, 1.165) is 6.07 Å². The molecule has 1 saturated heterocycles. The van der Waals surface area contributed by atoms with Crippen molar-refractivity contribution in [3.63, 3.8) is 0 Å². The molecular formula is C16H16F5N3. The van der Waals surface area contributed by atoms with Crippen molar-refractivity contribution in [1.29, 1.82) is 0 Å². The molecule has 1 aliphatic rings. The predicted octanol–water partition coefficient (Wildman–Crippen LogP) is 3.69. The summed E-state index contributed by atoms with van der Waals surface area (Å²) < 4.78 is 67.4. The Morgan fingerprint density at radius 1 is 1.25 bits per heavy atom. The minimum atomic E-state index is -4.55. The lowest BCUT2D eigenvalue weighted by Crippen LogP contribution is -2.53. The van der Waals surface area contributed by atoms with E-state index in [1.54, 1.807) is 7.05 Å². The van der Waals surface area contributed by atoms with Crippen molar-refractivity contribution in [2.24, 2.45) is 0 Å². The maximum absolute atomic E-state index is 14.0. The molecule has 0 saturated carbocycles. The van der Waals surface area contributed by atoms with Crippen LogP contribution in [0.4, 0.5) is 27.6 Å². The number of aromatic nitrogens is 1. The van der Waals surface area contributed by atoms with E-state index in [1.807, 2.05) is 0 Å². The Morgan fingerprint density at radius 3 is 2.67 bits per heavy atom. The second-order valence-electron chi connectivity index (χ2n) is 5.96. The molecule has 1 atom stereocenters. The molecule has 130 valence electrons. The average Bonchev–Trinajstić information content (AvgIpc) is 2.51. The molecule has 1 aromatic heterocycles. The molecule has 1 fully saturated rings. The first-order valence-electron chi connectivity index (χ1n) is 7.46. The molecule has 0 bridgehead atoms. The summed E-state index contributed by atoms with van der Waals surface area (Å²) in [5, 5.41) is 3.05. The minimum absolute atomic E-state index is 0.222. The van der Waals surface area contributed by atoms with Gasteiger partial charge in [-0.25, -0.2) is 8.78 Å². The monoisotopic (exact) mass is 345 g/mol. The number of fused-ring (bicyclic) bond motifs is 1. The summed E-state index contributed by atoms with van der Waals surface area (Å²) in [7, 11) is 1.59. The number of rotatable bonds is 2. The molecule has 8 heteroatoms. The fraction of sp³-hybridized carbons (Fsp3) is 0.438. The Morgan fingerprint density at radius 2 is 2.00 bits per heavy atom. The highest BCUT2D eigenvalue weighted by Gasteiger charge is 2.41. The molecule has 3 nitrogen and oxygen atoms in total. The van der Waals surface area contributed by atoms with Crippen LogP contribution in [0.15, 0.2) is 30.5 Å². The predicted molar refractivity (Wildman–Crippen MR) is 81.4 cm³/mol. The van der Waals surface area contributed by atoms with Crippen molar-refractivity contribution in [3.8, 4) is 0 Å². The van der Waals surface area contributed by atoms with Crippen molar-refractivity contribution < 1.29 is 22.0 Å². The lowest BCUT2D eigenvalue weighted by molar-refractivity contribution is -0.136. The molecule has 1 aliphatic heterocycles. The molecule has 1 aromatic carbocycles. The van der Waals surface area contributed by atoms with Crippen molar-refractivity contribution in [2.75, 3.05) is 25.0 Å². The number of anilines is 1. The molecule has 0 amide bonds. The zero-order valence-corrected chi connectivity index (χ0v) is 12.9. The fourth-order valence-electron chi connectivity index (χ4n) is 3.14. The largest absolute Gasteiger partial charge is 0.418 e. The summed E-state index contributed by atoms with van der Waals surface area (Å²) in [6.45, 7) is -0.234. The van der Waals surface area contributed by atoms with Crippen LogP contribution in [0.25, 0.3) is 10.9 Å². The van der Waals surface area contributed by atoms with Crippen LogP contribution in [0.1, 0.15) is 12.0 Å². The van der Waals surface area contributed by atoms with E-state index >= 15 is 0 Å². The lowest BCUT2D eigenvalue weighted by atomic mass is 9.99. The number of pyridine rings is 1. The third kappa shape index (κ3) is 3.15. The van der Waals surface area contributed by atoms with E-state index in [0.29, 0.717) is 12.2 Å². The van der Waals surface area contributed by atoms with Crippen LogP contribution in [0.3, 0.4) is 0 Å². The van der Waals surface area contributed by atoms with Gasteiger partial charge in [-0.15, -0.1) is 0 Å². The first kappa shape index (κ1) is 16.9. The quantitative estimate of drug-likeness (QED) is 0.842. The van der Waals surface area contributed by atoms with Crippen molar-refractivity contribution >= 4 is 16.6 Å². The zero-order chi connectivity index (χ0) is 17.5. The van der Waals surface area contributed by atoms with Crippen LogP contribution in [-0.2, 0) is 6.18 Å². The molecule has 1 unspecified atom stereocenters. The van der Waals surface area contributed by atoms with E-state index in [2.05, 4.69) is 10.3 Å². The van der Waals surface area contributed by atoms with Gasteiger partial charge in [-0.05, 0) is 31.3 Å². The number of benzene rings is 1. The second kappa shape index (κ2) is 5.84. The molecule has 0 spiro atoms. The number of nitrogens with one attached hydrogen (secondary N) is 1. The van der Waals surface area contributed by atoms with Crippen LogP contribution in [0, 0.1) is 0 Å². The molecule has 2 heterocycles. The maximum atomic E-state index is 14.0. The van der Waals surface area contributed by atoms with Gasteiger partial charge in [0.15, 0.2) is 0 Å². The number of hydrogen-bond acceptors (Lipinski definition) is 3. The van der Waals surface area contributed by atoms with Gasteiger partial charge in [-0.1, -0.05) is 0 Å². The van der Waals surface area contributed by atoms with E-state index in [9.17, 15) is 22.0 Å². The highest BCUT2D eigenvalue weighted by atomic mass is 19.4. The average molecular weight is 345 g/mol. The van der Waals surface area contributed by atoms with Gasteiger partial charge in [-0.2, -0.15) is 13.2 Å². The van der Waals surface area contributed by atoms with Gasteiger partial charge in [0.1, 0.15) is 0 Å². The van der Waals surface area contributed by atoms with E-state index < -0.39 is 30.2 Å². The highest BCUT2D eigenvalue weighted by molar-refractivity contribution is 5.94. The van der Waals surface area contributed by atoms with Crippen LogP contribution in [0.5, 0.6) is 0 Å². The number of likely N-dealkylation sites (N-methyl/N-ethyl adjacent to an activating group) is 1. The molecule has 2 aromatic rings. The Kier molecular flexibility index (Phi) is 4.11. The summed E-state index contributed by atoms with van der Waals surface area (Å²) in [5.74, 6) is -2.91. The van der Waals surface area contributed by atoms with E-state index in [-0.39, 0.29) is 17.3 Å². The maximum Gasteiger partial charge on any atom is 0.418 e. The zero-order valence-electron chi connectivity index (χ0n) is 12.9. The Bertz CT molecular complexity index is 744. The van der Waals surface area contributed by atoms with Gasteiger partial charge in [0.05, 0.1) is 17.6 Å². The number of hydrogen-bond donors (Lipinski definition) is 1. The number of nitrogens with zero attached hydrogens (tertiary/aromatic N) is 2. The first-order valence-corrected chi connectivity index (χ1v) is 7.46. The second-order valence-corrected chi connectivity index (χ2v) is 5.96. The smallest absolute Gasteiger partial charge is 0.363 e. The van der Waals surface area contributed by atoms with Crippen LogP contribution < -0.4 is 10.2 Å². The van der Waals surface area contributed by atoms with Crippen molar-refractivity contribution in [3.05, 3.63) is 36.0 Å². The third-order valence-electron chi connectivity index (χ3n) is 4.21. The summed E-state index contributed by atoms with van der Waals surface area (Å²) in [4.78, 5) is 5.25. The molecule has 3 rings (SSSR count). The van der Waals surface area contributed by atoms with Gasteiger partial charge in [0.25, 0.3) is 5.92 Å². The van der Waals surface area contributed by atoms with Crippen molar-refractivity contribution in [2.45, 2.75) is 24.6 Å². The molecule has 0 radical (unpaired) electrons. The third-order valence-corrected chi connectivity index (χ3v) is 4.21. The Labute approximate surface area is 135 Å². The lowest BCUT2D eigenvalue weighted by Gasteiger charge is -2.39. The molecule has 1 N–H and O–H groups in total. The van der Waals surface area contributed by atoms with Crippen LogP contribution in [-0.4, -0.2) is 37.1 Å². The molecular weight excluding hydrogens is 329 g/mol. The van der Waals surface area contributed by atoms with Gasteiger partial charge in [0, 0.05) is 36.3 Å². The molecule has 0 aliphatic carbocycles. The van der Waals surface area contributed by atoms with Gasteiger partial charge in [0.2, 0.25) is 0 Å². The summed E-state index contributed by atoms with van der Waals surface area (Å²) >= 11 is 0. The van der Waals surface area contributed by atoms with Crippen LogP contribution >= 0.6 is 0 Å². The standard InChI is InChI=1S/C16H16F5N3/c1-22-10-7-15(17,18)9-24(8-10)13-5-4-12(16(19,20)21)14-11(13)3-2-6-23-14/h2-6,10,22H,7-9H2,1H3. The normalized spacial score (nSPS) is 21.2. The summed E-state index contributed by atoms with van der Waals surface area (Å²) in [6, 6.07) is 4.70. The van der Waals surface area contributed by atoms with Crippen LogP contribution in [0.2, 0.25) is 0 Å². The Hall–Kier alpha value is -1.96. The topological polar surface area (TPSA) is 28.2 Å². The van der Waals surface area contributed by atoms with Gasteiger partial charge in [-0.3, -0.25) is 4.98 Å². The van der Waals surface area contributed by atoms with E-state index in [1.165, 1.54) is 29.3 Å². The number of piperidine rings is 1. The minimum Gasteiger partial charge on any atom is -0.363 e. The SMILES string of the molecule is CNC1CN(c2ccc(C(F)(F)F)c3ncccc23)CC(F)(F)C1. The fourth-order valence-corrected chi connectivity index (χ4v) is 3.14.